The van der Waals surface area contributed by atoms with Crippen LogP contribution in [0.15, 0.2) is 24.3 Å². The van der Waals surface area contributed by atoms with Gasteiger partial charge in [-0.2, -0.15) is 0 Å². The molecule has 3 heterocycles. The number of morpholine rings is 1. The summed E-state index contributed by atoms with van der Waals surface area (Å²) in [6.45, 7) is 5.59. The van der Waals surface area contributed by atoms with Gasteiger partial charge in [-0.15, -0.1) is 0 Å². The maximum absolute atomic E-state index is 13.0. The Morgan fingerprint density at radius 3 is 2.75 bits per heavy atom. The molecule has 4 rings (SSSR count). The Morgan fingerprint density at radius 2 is 2.00 bits per heavy atom. The van der Waals surface area contributed by atoms with Crippen LogP contribution in [0.1, 0.15) is 27.4 Å². The van der Waals surface area contributed by atoms with Gasteiger partial charge in [0, 0.05) is 49.3 Å². The van der Waals surface area contributed by atoms with Crippen molar-refractivity contribution in [3.05, 3.63) is 57.0 Å². The molecular weight excluding hydrogens is 362 g/mol. The smallest absolute Gasteiger partial charge is 0.270 e. The third-order valence-electron chi connectivity index (χ3n) is 5.05. The molecule has 0 radical (unpaired) electrons. The first-order valence-electron chi connectivity index (χ1n) is 9.26. The second-order valence-electron chi connectivity index (χ2n) is 6.90. The van der Waals surface area contributed by atoms with E-state index >= 15 is 0 Å². The highest BCUT2D eigenvalue weighted by Crippen LogP contribution is 2.28. The van der Waals surface area contributed by atoms with Crippen molar-refractivity contribution in [1.82, 2.24) is 14.9 Å². The highest BCUT2D eigenvalue weighted by molar-refractivity contribution is 5.95. The van der Waals surface area contributed by atoms with Gasteiger partial charge < -0.3 is 14.5 Å². The summed E-state index contributed by atoms with van der Waals surface area (Å²) in [5.41, 5.74) is 2.16. The fourth-order valence-electron chi connectivity index (χ4n) is 3.66. The highest BCUT2D eigenvalue weighted by atomic mass is 16.6. The van der Waals surface area contributed by atoms with E-state index in [1.165, 1.54) is 18.2 Å². The molecule has 0 bridgehead atoms. The number of non-ortho nitro benzene ring substituents is 1. The molecule has 0 aliphatic carbocycles. The number of ether oxygens (including phenoxy) is 1. The number of aryl methyl sites for hydroxylation is 1. The Bertz CT molecular complexity index is 927. The van der Waals surface area contributed by atoms with E-state index < -0.39 is 4.92 Å². The Kier molecular flexibility index (Phi) is 4.91. The molecule has 2 aromatic rings. The number of anilines is 1. The first kappa shape index (κ1) is 18.3. The highest BCUT2D eigenvalue weighted by Gasteiger charge is 2.28. The molecule has 1 saturated heterocycles. The van der Waals surface area contributed by atoms with Crippen molar-refractivity contribution in [3.63, 3.8) is 0 Å². The standard InChI is InChI=1S/C19H21N5O4/c1-13-20-17-5-6-23(19(25)14-3-2-4-15(11-14)24(26)27)12-16(17)18(21-13)22-7-9-28-10-8-22/h2-4,11H,5-10,12H2,1H3. The molecule has 2 aliphatic heterocycles. The number of carbonyl (C=O) groups excluding carboxylic acids is 1. The van der Waals surface area contributed by atoms with Gasteiger partial charge in [-0.25, -0.2) is 9.97 Å². The quantitative estimate of drug-likeness (QED) is 0.587. The topological polar surface area (TPSA) is 102 Å². The molecule has 1 aromatic heterocycles. The summed E-state index contributed by atoms with van der Waals surface area (Å²) in [5, 5.41) is 11.0. The molecule has 146 valence electrons. The van der Waals surface area contributed by atoms with Crippen LogP contribution in [-0.4, -0.2) is 58.5 Å². The zero-order chi connectivity index (χ0) is 19.7. The number of aromatic nitrogens is 2. The van der Waals surface area contributed by atoms with Crippen LogP contribution >= 0.6 is 0 Å². The minimum absolute atomic E-state index is 0.0868. The Morgan fingerprint density at radius 1 is 1.21 bits per heavy atom. The van der Waals surface area contributed by atoms with E-state index in [0.717, 1.165) is 36.0 Å². The lowest BCUT2D eigenvalue weighted by atomic mass is 10.0. The number of amides is 1. The number of nitro benzene ring substituents is 1. The number of nitrogens with zero attached hydrogens (tertiary/aromatic N) is 5. The van der Waals surface area contributed by atoms with Crippen LogP contribution in [0.25, 0.3) is 0 Å². The maximum atomic E-state index is 13.0. The summed E-state index contributed by atoms with van der Waals surface area (Å²) in [7, 11) is 0. The van der Waals surface area contributed by atoms with E-state index in [9.17, 15) is 14.9 Å². The number of hydrogen-bond acceptors (Lipinski definition) is 7. The van der Waals surface area contributed by atoms with Crippen molar-refractivity contribution >= 4 is 17.4 Å². The maximum Gasteiger partial charge on any atom is 0.270 e. The molecule has 0 N–H and O–H groups in total. The van der Waals surface area contributed by atoms with Crippen LogP contribution in [0.4, 0.5) is 11.5 Å². The van der Waals surface area contributed by atoms with E-state index in [2.05, 4.69) is 14.9 Å². The predicted molar refractivity (Wildman–Crippen MR) is 101 cm³/mol. The summed E-state index contributed by atoms with van der Waals surface area (Å²) >= 11 is 0. The second kappa shape index (κ2) is 7.51. The van der Waals surface area contributed by atoms with Gasteiger partial charge >= 0.3 is 0 Å². The lowest BCUT2D eigenvalue weighted by Crippen LogP contribution is -2.41. The number of fused-ring (bicyclic) bond motifs is 1. The van der Waals surface area contributed by atoms with Gasteiger partial charge in [-0.05, 0) is 13.0 Å². The number of benzene rings is 1. The fourth-order valence-corrected chi connectivity index (χ4v) is 3.66. The fraction of sp³-hybridized carbons (Fsp3) is 0.421. The number of hydrogen-bond donors (Lipinski definition) is 0. The summed E-state index contributed by atoms with van der Waals surface area (Å²) in [4.78, 5) is 36.6. The van der Waals surface area contributed by atoms with Crippen LogP contribution in [0.3, 0.4) is 0 Å². The molecule has 0 spiro atoms. The number of nitro groups is 1. The van der Waals surface area contributed by atoms with E-state index in [4.69, 9.17) is 4.74 Å². The first-order chi connectivity index (χ1) is 13.5. The summed E-state index contributed by atoms with van der Waals surface area (Å²) in [6, 6.07) is 5.86. The van der Waals surface area contributed by atoms with Gasteiger partial charge in [0.1, 0.15) is 11.6 Å². The zero-order valence-electron chi connectivity index (χ0n) is 15.6. The summed E-state index contributed by atoms with van der Waals surface area (Å²) < 4.78 is 5.44. The number of carbonyl (C=O) groups is 1. The van der Waals surface area contributed by atoms with E-state index in [-0.39, 0.29) is 11.6 Å². The SMILES string of the molecule is Cc1nc2c(c(N3CCOCC3)n1)CN(C(=O)c1cccc([N+](=O)[O-])c1)CC2. The Balaban J connectivity index is 1.63. The van der Waals surface area contributed by atoms with Gasteiger partial charge in [0.25, 0.3) is 11.6 Å². The average molecular weight is 383 g/mol. The molecular formula is C19H21N5O4. The lowest BCUT2D eigenvalue weighted by Gasteiger charge is -2.34. The second-order valence-corrected chi connectivity index (χ2v) is 6.90. The third-order valence-corrected chi connectivity index (χ3v) is 5.05. The van der Waals surface area contributed by atoms with Gasteiger partial charge in [-0.1, -0.05) is 6.07 Å². The Hall–Kier alpha value is -3.07. The van der Waals surface area contributed by atoms with Crippen LogP contribution in [0, 0.1) is 17.0 Å². The van der Waals surface area contributed by atoms with E-state index in [0.29, 0.717) is 38.3 Å². The Labute approximate surface area is 162 Å². The molecule has 0 saturated carbocycles. The van der Waals surface area contributed by atoms with Crippen molar-refractivity contribution in [2.45, 2.75) is 19.9 Å². The van der Waals surface area contributed by atoms with Crippen molar-refractivity contribution in [2.75, 3.05) is 37.7 Å². The molecule has 2 aliphatic rings. The van der Waals surface area contributed by atoms with Crippen LogP contribution in [0.5, 0.6) is 0 Å². The van der Waals surface area contributed by atoms with Crippen molar-refractivity contribution in [3.8, 4) is 0 Å². The van der Waals surface area contributed by atoms with Crippen LogP contribution in [0.2, 0.25) is 0 Å². The molecule has 28 heavy (non-hydrogen) atoms. The van der Waals surface area contributed by atoms with Crippen LogP contribution < -0.4 is 4.90 Å². The lowest BCUT2D eigenvalue weighted by molar-refractivity contribution is -0.384. The molecule has 1 aromatic carbocycles. The summed E-state index contributed by atoms with van der Waals surface area (Å²) in [6.07, 6.45) is 0.636. The van der Waals surface area contributed by atoms with Gasteiger partial charge in [-0.3, -0.25) is 14.9 Å². The van der Waals surface area contributed by atoms with Gasteiger partial charge in [0.2, 0.25) is 0 Å². The van der Waals surface area contributed by atoms with Crippen molar-refractivity contribution < 1.29 is 14.5 Å². The predicted octanol–water partition coefficient (Wildman–Crippen LogP) is 1.73. The molecule has 1 amide bonds. The third kappa shape index (κ3) is 3.53. The van der Waals surface area contributed by atoms with Crippen molar-refractivity contribution in [2.24, 2.45) is 0 Å². The summed E-state index contributed by atoms with van der Waals surface area (Å²) in [5.74, 6) is 1.36. The van der Waals surface area contributed by atoms with Crippen molar-refractivity contribution in [1.29, 1.82) is 0 Å². The minimum Gasteiger partial charge on any atom is -0.378 e. The molecule has 9 heteroatoms. The monoisotopic (exact) mass is 383 g/mol. The molecule has 1 fully saturated rings. The minimum atomic E-state index is -0.491. The molecule has 9 nitrogen and oxygen atoms in total. The van der Waals surface area contributed by atoms with Gasteiger partial charge in [0.05, 0.1) is 30.4 Å². The molecule has 0 atom stereocenters. The first-order valence-corrected chi connectivity index (χ1v) is 9.26. The zero-order valence-corrected chi connectivity index (χ0v) is 15.6. The normalized spacial score (nSPS) is 16.6. The molecule has 0 unspecified atom stereocenters. The van der Waals surface area contributed by atoms with E-state index in [1.807, 2.05) is 6.92 Å². The average Bonchev–Trinajstić information content (AvgIpc) is 2.73. The van der Waals surface area contributed by atoms with Gasteiger partial charge in [0.15, 0.2) is 0 Å². The number of rotatable bonds is 3. The van der Waals surface area contributed by atoms with E-state index in [1.54, 1.807) is 11.0 Å². The largest absolute Gasteiger partial charge is 0.378 e. The van der Waals surface area contributed by atoms with Crippen LogP contribution in [-0.2, 0) is 17.7 Å².